The molecule has 0 unspecified atom stereocenters. The van der Waals surface area contributed by atoms with E-state index < -0.39 is 23.7 Å². The van der Waals surface area contributed by atoms with Crippen molar-refractivity contribution in [3.63, 3.8) is 0 Å². The van der Waals surface area contributed by atoms with E-state index in [9.17, 15) is 27.6 Å². The van der Waals surface area contributed by atoms with E-state index in [-0.39, 0.29) is 24.8 Å². The summed E-state index contributed by atoms with van der Waals surface area (Å²) in [4.78, 5) is 39.7. The van der Waals surface area contributed by atoms with Crippen molar-refractivity contribution in [2.45, 2.75) is 38.5 Å². The van der Waals surface area contributed by atoms with Crippen molar-refractivity contribution in [3.8, 4) is 16.9 Å². The first-order valence-corrected chi connectivity index (χ1v) is 15.9. The molecule has 7 nitrogen and oxygen atoms in total. The van der Waals surface area contributed by atoms with E-state index in [2.05, 4.69) is 16.0 Å². The number of carbonyl (C=O) groups is 3. The third kappa shape index (κ3) is 9.16. The summed E-state index contributed by atoms with van der Waals surface area (Å²) in [7, 11) is 1.59. The zero-order valence-electron chi connectivity index (χ0n) is 27.5. The maximum absolute atomic E-state index is 13.4. The second kappa shape index (κ2) is 16.0. The van der Waals surface area contributed by atoms with E-state index in [0.717, 1.165) is 34.6 Å². The van der Waals surface area contributed by atoms with Gasteiger partial charge in [0.15, 0.2) is 0 Å². The van der Waals surface area contributed by atoms with Crippen LogP contribution in [0.4, 0.5) is 18.9 Å². The first kappa shape index (κ1) is 35.4. The molecule has 0 heterocycles. The number of alkyl halides is 3. The highest BCUT2D eigenvalue weighted by Gasteiger charge is 2.30. The molecule has 0 saturated heterocycles. The van der Waals surface area contributed by atoms with Gasteiger partial charge in [-0.2, -0.15) is 13.2 Å². The van der Waals surface area contributed by atoms with Crippen LogP contribution in [0.3, 0.4) is 0 Å². The number of aryl methyl sites for hydroxylation is 2. The summed E-state index contributed by atoms with van der Waals surface area (Å²) in [6, 6.07) is 32.3. The zero-order chi connectivity index (χ0) is 35.7. The van der Waals surface area contributed by atoms with Gasteiger partial charge in [0.1, 0.15) is 11.8 Å². The van der Waals surface area contributed by atoms with E-state index in [1.54, 1.807) is 67.8 Å². The molecule has 1 atom stereocenters. The van der Waals surface area contributed by atoms with Crippen LogP contribution in [-0.4, -0.2) is 24.8 Å². The van der Waals surface area contributed by atoms with Crippen LogP contribution in [0.2, 0.25) is 0 Å². The first-order valence-electron chi connectivity index (χ1n) is 15.9. The van der Waals surface area contributed by atoms with Crippen molar-refractivity contribution < 1.29 is 32.3 Å². The van der Waals surface area contributed by atoms with Crippen LogP contribution in [-0.2, 0) is 28.7 Å². The van der Waals surface area contributed by atoms with Crippen LogP contribution >= 0.6 is 0 Å². The number of nitrogens with one attached hydrogen (secondary N) is 3. The molecule has 0 aliphatic rings. The Balaban J connectivity index is 1.22. The molecule has 0 aliphatic carbocycles. The number of rotatable bonds is 12. The summed E-state index contributed by atoms with van der Waals surface area (Å²) in [5.74, 6) is -0.322. The Kier molecular flexibility index (Phi) is 11.3. The largest absolute Gasteiger partial charge is 0.497 e. The Morgan fingerprint density at radius 3 is 2.10 bits per heavy atom. The van der Waals surface area contributed by atoms with Crippen LogP contribution < -0.4 is 20.7 Å². The molecular weight excluding hydrogens is 643 g/mol. The third-order valence-corrected chi connectivity index (χ3v) is 8.20. The van der Waals surface area contributed by atoms with Crippen molar-refractivity contribution >= 4 is 23.4 Å². The van der Waals surface area contributed by atoms with E-state index >= 15 is 0 Å². The number of hydrogen-bond donors (Lipinski definition) is 3. The summed E-state index contributed by atoms with van der Waals surface area (Å²) in [5, 5.41) is 8.68. The van der Waals surface area contributed by atoms with Gasteiger partial charge in [-0.1, -0.05) is 84.9 Å². The van der Waals surface area contributed by atoms with Gasteiger partial charge in [0.2, 0.25) is 11.8 Å². The molecule has 5 aromatic carbocycles. The van der Waals surface area contributed by atoms with Crippen LogP contribution in [0.5, 0.6) is 5.75 Å². The second-order valence-electron chi connectivity index (χ2n) is 11.7. The maximum atomic E-state index is 13.4. The quantitative estimate of drug-likeness (QED) is 0.124. The van der Waals surface area contributed by atoms with Gasteiger partial charge in [0, 0.05) is 24.2 Å². The molecule has 0 bridgehead atoms. The van der Waals surface area contributed by atoms with Crippen molar-refractivity contribution in [3.05, 3.63) is 155 Å². The number of halogens is 3. The Hall–Kier alpha value is -5.90. The lowest BCUT2D eigenvalue weighted by Gasteiger charge is -2.19. The predicted octanol–water partition coefficient (Wildman–Crippen LogP) is 8.05. The Bertz CT molecular complexity index is 1940. The lowest BCUT2D eigenvalue weighted by atomic mass is 9.98. The predicted molar refractivity (Wildman–Crippen MR) is 186 cm³/mol. The van der Waals surface area contributed by atoms with Crippen molar-refractivity contribution in [2.75, 3.05) is 12.4 Å². The Morgan fingerprint density at radius 2 is 1.44 bits per heavy atom. The average molecular weight is 680 g/mol. The minimum atomic E-state index is -4.46. The number of amides is 3. The van der Waals surface area contributed by atoms with Gasteiger partial charge in [-0.15, -0.1) is 0 Å². The van der Waals surface area contributed by atoms with E-state index in [0.29, 0.717) is 34.4 Å². The number of hydrogen-bond acceptors (Lipinski definition) is 4. The van der Waals surface area contributed by atoms with Gasteiger partial charge in [-0.25, -0.2) is 0 Å². The number of benzene rings is 5. The van der Waals surface area contributed by atoms with Crippen molar-refractivity contribution in [2.24, 2.45) is 0 Å². The molecule has 10 heteroatoms. The fraction of sp³-hybridized carbons (Fsp3) is 0.175. The van der Waals surface area contributed by atoms with Gasteiger partial charge < -0.3 is 20.7 Å². The van der Waals surface area contributed by atoms with E-state index in [1.165, 1.54) is 12.1 Å². The maximum Gasteiger partial charge on any atom is 0.416 e. The van der Waals surface area contributed by atoms with E-state index in [1.807, 2.05) is 43.3 Å². The lowest BCUT2D eigenvalue weighted by molar-refractivity contribution is -0.137. The minimum absolute atomic E-state index is 0.176. The number of methoxy groups -OCH3 is 1. The van der Waals surface area contributed by atoms with Gasteiger partial charge in [-0.3, -0.25) is 14.4 Å². The van der Waals surface area contributed by atoms with Crippen LogP contribution in [0.25, 0.3) is 11.1 Å². The van der Waals surface area contributed by atoms with Gasteiger partial charge in [-0.05, 0) is 83.1 Å². The van der Waals surface area contributed by atoms with Crippen LogP contribution in [0.15, 0.2) is 121 Å². The average Bonchev–Trinajstić information content (AvgIpc) is 3.13. The fourth-order valence-corrected chi connectivity index (χ4v) is 5.46. The van der Waals surface area contributed by atoms with Crippen molar-refractivity contribution in [1.29, 1.82) is 0 Å². The van der Waals surface area contributed by atoms with Crippen molar-refractivity contribution in [1.82, 2.24) is 10.6 Å². The molecule has 3 N–H and O–H groups in total. The molecule has 256 valence electrons. The molecule has 3 amide bonds. The van der Waals surface area contributed by atoms with Gasteiger partial charge in [0.05, 0.1) is 12.7 Å². The molecular formula is C40H36F3N3O4. The highest BCUT2D eigenvalue weighted by Crippen LogP contribution is 2.32. The molecule has 0 spiro atoms. The van der Waals surface area contributed by atoms with Crippen LogP contribution in [0, 0.1) is 6.92 Å². The summed E-state index contributed by atoms with van der Waals surface area (Å²) >= 11 is 0. The molecule has 0 radical (unpaired) electrons. The second-order valence-corrected chi connectivity index (χ2v) is 11.7. The highest BCUT2D eigenvalue weighted by molar-refractivity contribution is 6.09. The minimum Gasteiger partial charge on any atom is -0.497 e. The normalized spacial score (nSPS) is 11.7. The summed E-state index contributed by atoms with van der Waals surface area (Å²) in [6.07, 6.45) is -3.76. The number of carbonyl (C=O) groups excluding carboxylic acids is 3. The van der Waals surface area contributed by atoms with E-state index in [4.69, 9.17) is 4.74 Å². The first-order chi connectivity index (χ1) is 24.0. The summed E-state index contributed by atoms with van der Waals surface area (Å²) in [5.41, 5.74) is 4.19. The standard InChI is InChI=1S/C40H36F3N3O4/c1-26-24-28(14-22-35(26)45-38(48)34-11-7-6-10-33(34)29-16-18-31(19-17-29)40(41,42)43)25-44-39(49)37(30-8-4-3-5-9-30)46-36(47)23-15-27-12-20-32(50-2)21-13-27/h3-14,16-22,24,37H,15,23,25H2,1-2H3,(H,44,49)(H,45,48)(H,46,47)/t37-/m0/s1. The van der Waals surface area contributed by atoms with Gasteiger partial charge >= 0.3 is 6.18 Å². The third-order valence-electron chi connectivity index (χ3n) is 8.20. The molecule has 0 saturated carbocycles. The van der Waals surface area contributed by atoms with Crippen LogP contribution in [0.1, 0.15) is 50.6 Å². The smallest absolute Gasteiger partial charge is 0.416 e. The molecule has 50 heavy (non-hydrogen) atoms. The lowest BCUT2D eigenvalue weighted by Crippen LogP contribution is -2.40. The number of anilines is 1. The molecule has 0 aliphatic heterocycles. The molecule has 0 fully saturated rings. The monoisotopic (exact) mass is 679 g/mol. The summed E-state index contributed by atoms with van der Waals surface area (Å²) < 4.78 is 44.4. The highest BCUT2D eigenvalue weighted by atomic mass is 19.4. The topological polar surface area (TPSA) is 96.5 Å². The van der Waals surface area contributed by atoms with Gasteiger partial charge in [0.25, 0.3) is 5.91 Å². The Morgan fingerprint density at radius 1 is 0.780 bits per heavy atom. The fourth-order valence-electron chi connectivity index (χ4n) is 5.46. The zero-order valence-corrected chi connectivity index (χ0v) is 27.5. The molecule has 5 aromatic rings. The SMILES string of the molecule is COc1ccc(CCC(=O)N[C@H](C(=O)NCc2ccc(NC(=O)c3ccccc3-c3ccc(C(F)(F)F)cc3)c(C)c2)c2ccccc2)cc1. The molecule has 5 rings (SSSR count). The number of ether oxygens (including phenoxy) is 1. The summed E-state index contributed by atoms with van der Waals surface area (Å²) in [6.45, 7) is 1.99. The Labute approximate surface area is 288 Å². The molecule has 0 aromatic heterocycles.